The lowest BCUT2D eigenvalue weighted by molar-refractivity contribution is -0.143. The highest BCUT2D eigenvalue weighted by Gasteiger charge is 2.36. The van der Waals surface area contributed by atoms with Crippen LogP contribution in [0.3, 0.4) is 0 Å². The van der Waals surface area contributed by atoms with Crippen molar-refractivity contribution in [2.45, 2.75) is 6.04 Å². The second-order valence-electron chi connectivity index (χ2n) is 7.38. The maximum atomic E-state index is 13.2. The predicted molar refractivity (Wildman–Crippen MR) is 110 cm³/mol. The third-order valence-corrected chi connectivity index (χ3v) is 5.73. The minimum Gasteiger partial charge on any atom is -0.480 e. The Morgan fingerprint density at radius 3 is 2.20 bits per heavy atom. The first-order chi connectivity index (χ1) is 14.4. The quantitative estimate of drug-likeness (QED) is 0.671. The SMILES string of the molecule is Cn1c(C(=O)O)c([C@H](C(=O)O)N2CCN(c3ccc(F)cc3)CC2)c2ccccc21. The van der Waals surface area contributed by atoms with Gasteiger partial charge in [0.1, 0.15) is 17.6 Å². The maximum Gasteiger partial charge on any atom is 0.352 e. The number of aliphatic carboxylic acids is 1. The smallest absolute Gasteiger partial charge is 0.352 e. The summed E-state index contributed by atoms with van der Waals surface area (Å²) in [5, 5.41) is 20.5. The Morgan fingerprint density at radius 1 is 0.967 bits per heavy atom. The Labute approximate surface area is 172 Å². The number of halogens is 1. The van der Waals surface area contributed by atoms with Crippen molar-refractivity contribution < 1.29 is 24.2 Å². The van der Waals surface area contributed by atoms with Gasteiger partial charge >= 0.3 is 11.9 Å². The van der Waals surface area contributed by atoms with Crippen molar-refractivity contribution in [1.29, 1.82) is 0 Å². The van der Waals surface area contributed by atoms with E-state index in [9.17, 15) is 24.2 Å². The molecule has 7 nitrogen and oxygen atoms in total. The van der Waals surface area contributed by atoms with Gasteiger partial charge in [-0.1, -0.05) is 18.2 Å². The molecule has 1 atom stereocenters. The minimum atomic E-state index is -1.15. The summed E-state index contributed by atoms with van der Waals surface area (Å²) in [4.78, 5) is 28.2. The summed E-state index contributed by atoms with van der Waals surface area (Å²) < 4.78 is 14.7. The third kappa shape index (κ3) is 3.39. The minimum absolute atomic E-state index is 0.00966. The molecule has 1 aromatic heterocycles. The van der Waals surface area contributed by atoms with Gasteiger partial charge in [-0.05, 0) is 30.3 Å². The van der Waals surface area contributed by atoms with E-state index in [0.717, 1.165) is 5.69 Å². The molecule has 0 spiro atoms. The average Bonchev–Trinajstić information content (AvgIpc) is 3.02. The molecule has 4 rings (SSSR count). The van der Waals surface area contributed by atoms with Crippen molar-refractivity contribution in [2.75, 3.05) is 31.1 Å². The normalized spacial score (nSPS) is 16.0. The lowest BCUT2D eigenvalue weighted by Crippen LogP contribution is -2.49. The van der Waals surface area contributed by atoms with Crippen LogP contribution in [-0.2, 0) is 11.8 Å². The van der Waals surface area contributed by atoms with E-state index in [1.807, 2.05) is 0 Å². The standard InChI is InChI=1S/C22H22FN3O4/c1-24-17-5-3-2-4-16(17)18(19(24)21(27)28)20(22(29)30)26-12-10-25(11-13-26)15-8-6-14(23)7-9-15/h2-9,20H,10-13H2,1H3,(H,27,28)(H,29,30)/t20-/m1/s1. The van der Waals surface area contributed by atoms with Crippen LogP contribution < -0.4 is 4.90 Å². The number of carbonyl (C=O) groups is 2. The number of aromatic carboxylic acids is 1. The number of piperazine rings is 1. The Morgan fingerprint density at radius 2 is 1.60 bits per heavy atom. The molecule has 3 aromatic rings. The highest BCUT2D eigenvalue weighted by molar-refractivity contribution is 6.01. The molecule has 30 heavy (non-hydrogen) atoms. The van der Waals surface area contributed by atoms with Gasteiger partial charge in [0, 0.05) is 55.4 Å². The van der Waals surface area contributed by atoms with Gasteiger partial charge in [0.05, 0.1) is 0 Å². The zero-order valence-electron chi connectivity index (χ0n) is 16.5. The molecule has 0 unspecified atom stereocenters. The number of aryl methyl sites for hydroxylation is 1. The highest BCUT2D eigenvalue weighted by Crippen LogP contribution is 2.35. The molecule has 1 aliphatic heterocycles. The van der Waals surface area contributed by atoms with Crippen molar-refractivity contribution in [3.8, 4) is 0 Å². The second-order valence-corrected chi connectivity index (χ2v) is 7.38. The fourth-order valence-corrected chi connectivity index (χ4v) is 4.31. The van der Waals surface area contributed by atoms with Crippen molar-refractivity contribution in [1.82, 2.24) is 9.47 Å². The number of anilines is 1. The largest absolute Gasteiger partial charge is 0.480 e. The number of hydrogen-bond acceptors (Lipinski definition) is 4. The number of aromatic nitrogens is 1. The molecule has 8 heteroatoms. The first-order valence-corrected chi connectivity index (χ1v) is 9.66. The zero-order valence-corrected chi connectivity index (χ0v) is 16.5. The molecular formula is C22H22FN3O4. The van der Waals surface area contributed by atoms with E-state index >= 15 is 0 Å². The van der Waals surface area contributed by atoms with Crippen molar-refractivity contribution in [3.05, 3.63) is 65.6 Å². The fraction of sp³-hybridized carbons (Fsp3) is 0.273. The number of fused-ring (bicyclic) bond motifs is 1. The van der Waals surface area contributed by atoms with Gasteiger partial charge in [-0.15, -0.1) is 0 Å². The van der Waals surface area contributed by atoms with Crippen LogP contribution in [0.4, 0.5) is 10.1 Å². The van der Waals surface area contributed by atoms with Crippen LogP contribution in [0.25, 0.3) is 10.9 Å². The molecule has 1 saturated heterocycles. The molecule has 0 amide bonds. The van der Waals surface area contributed by atoms with Crippen LogP contribution >= 0.6 is 0 Å². The van der Waals surface area contributed by atoms with E-state index in [1.165, 1.54) is 16.7 Å². The van der Waals surface area contributed by atoms with E-state index in [-0.39, 0.29) is 11.5 Å². The van der Waals surface area contributed by atoms with Crippen molar-refractivity contribution >= 4 is 28.5 Å². The number of para-hydroxylation sites is 1. The van der Waals surface area contributed by atoms with E-state index in [2.05, 4.69) is 4.90 Å². The summed E-state index contributed by atoms with van der Waals surface area (Å²) in [5.74, 6) is -2.54. The van der Waals surface area contributed by atoms with E-state index in [0.29, 0.717) is 42.6 Å². The van der Waals surface area contributed by atoms with Crippen LogP contribution in [0.15, 0.2) is 48.5 Å². The number of hydrogen-bond donors (Lipinski definition) is 2. The Balaban J connectivity index is 1.68. The molecule has 2 N–H and O–H groups in total. The van der Waals surface area contributed by atoms with Gasteiger partial charge in [0.25, 0.3) is 0 Å². The lowest BCUT2D eigenvalue weighted by atomic mass is 10.00. The monoisotopic (exact) mass is 411 g/mol. The topological polar surface area (TPSA) is 86.0 Å². The van der Waals surface area contributed by atoms with Gasteiger partial charge < -0.3 is 19.7 Å². The summed E-state index contributed by atoms with van der Waals surface area (Å²) in [5.41, 5.74) is 1.85. The van der Waals surface area contributed by atoms with Crippen LogP contribution in [0.1, 0.15) is 22.1 Å². The maximum absolute atomic E-state index is 13.2. The third-order valence-electron chi connectivity index (χ3n) is 5.73. The van der Waals surface area contributed by atoms with Crippen LogP contribution in [0.2, 0.25) is 0 Å². The zero-order chi connectivity index (χ0) is 21.4. The summed E-state index contributed by atoms with van der Waals surface area (Å²) in [6, 6.07) is 12.3. The molecule has 2 aromatic carbocycles. The summed E-state index contributed by atoms with van der Waals surface area (Å²) in [7, 11) is 1.64. The highest BCUT2D eigenvalue weighted by atomic mass is 19.1. The van der Waals surface area contributed by atoms with Gasteiger partial charge in [-0.2, -0.15) is 0 Å². The number of rotatable bonds is 5. The molecule has 0 radical (unpaired) electrons. The molecular weight excluding hydrogens is 389 g/mol. The van der Waals surface area contributed by atoms with E-state index < -0.39 is 18.0 Å². The van der Waals surface area contributed by atoms with Gasteiger partial charge in [0.15, 0.2) is 0 Å². The summed E-state index contributed by atoms with van der Waals surface area (Å²) in [6.07, 6.45) is 0. The molecule has 1 aliphatic rings. The van der Waals surface area contributed by atoms with Crippen LogP contribution in [0, 0.1) is 5.82 Å². The molecule has 0 aliphatic carbocycles. The van der Waals surface area contributed by atoms with Crippen molar-refractivity contribution in [2.24, 2.45) is 7.05 Å². The number of nitrogens with zero attached hydrogens (tertiary/aromatic N) is 3. The predicted octanol–water partition coefficient (Wildman–Crippen LogP) is 2.96. The number of carboxylic acids is 2. The Kier molecular flexibility index (Phi) is 5.17. The molecule has 0 saturated carbocycles. The van der Waals surface area contributed by atoms with E-state index in [1.54, 1.807) is 48.3 Å². The number of benzene rings is 2. The first-order valence-electron chi connectivity index (χ1n) is 9.66. The lowest BCUT2D eigenvalue weighted by Gasteiger charge is -2.39. The van der Waals surface area contributed by atoms with Gasteiger partial charge in [0.2, 0.25) is 0 Å². The Hall–Kier alpha value is -3.39. The Bertz CT molecular complexity index is 1100. The first kappa shape index (κ1) is 19.9. The average molecular weight is 411 g/mol. The molecule has 2 heterocycles. The van der Waals surface area contributed by atoms with Crippen LogP contribution in [0.5, 0.6) is 0 Å². The molecule has 0 bridgehead atoms. The van der Waals surface area contributed by atoms with Crippen molar-refractivity contribution in [3.63, 3.8) is 0 Å². The summed E-state index contributed by atoms with van der Waals surface area (Å²) >= 11 is 0. The van der Waals surface area contributed by atoms with Gasteiger partial charge in [-0.25, -0.2) is 9.18 Å². The molecule has 156 valence electrons. The number of carboxylic acid groups (broad SMARTS) is 2. The summed E-state index contributed by atoms with van der Waals surface area (Å²) in [6.45, 7) is 2.00. The van der Waals surface area contributed by atoms with E-state index in [4.69, 9.17) is 0 Å². The fourth-order valence-electron chi connectivity index (χ4n) is 4.31. The van der Waals surface area contributed by atoms with Crippen LogP contribution in [-0.4, -0.2) is 57.8 Å². The van der Waals surface area contributed by atoms with Gasteiger partial charge in [-0.3, -0.25) is 9.69 Å². The second kappa shape index (κ2) is 7.79. The molecule has 1 fully saturated rings.